The Morgan fingerprint density at radius 2 is 1.76 bits per heavy atom. The number of carbonyl (C=O) groups is 2. The summed E-state index contributed by atoms with van der Waals surface area (Å²) in [6.45, 7) is 0.295. The number of hydrogen-bond acceptors (Lipinski definition) is 6. The van der Waals surface area contributed by atoms with Gasteiger partial charge in [-0.1, -0.05) is 54.5 Å². The molecule has 6 nitrogen and oxygen atoms in total. The van der Waals surface area contributed by atoms with E-state index in [1.54, 1.807) is 0 Å². The van der Waals surface area contributed by atoms with Gasteiger partial charge in [-0.05, 0) is 28.2 Å². The van der Waals surface area contributed by atoms with Crippen LogP contribution >= 0.6 is 11.3 Å². The molecule has 1 amide bonds. The van der Waals surface area contributed by atoms with Gasteiger partial charge in [0.2, 0.25) is 0 Å². The molecule has 1 heterocycles. The summed E-state index contributed by atoms with van der Waals surface area (Å²) in [7, 11) is 0. The summed E-state index contributed by atoms with van der Waals surface area (Å²) in [6.07, 6.45) is -0.560. The van der Waals surface area contributed by atoms with E-state index < -0.39 is 12.1 Å². The highest BCUT2D eigenvalue weighted by molar-refractivity contribution is 7.11. The summed E-state index contributed by atoms with van der Waals surface area (Å²) >= 11 is 0.945. The van der Waals surface area contributed by atoms with Gasteiger partial charge < -0.3 is 20.0 Å². The molecule has 1 aromatic heterocycles. The van der Waals surface area contributed by atoms with Crippen LogP contribution < -0.4 is 10.4 Å². The van der Waals surface area contributed by atoms with Crippen LogP contribution in [0.2, 0.25) is 0 Å². The van der Waals surface area contributed by atoms with Crippen molar-refractivity contribution >= 4 is 23.4 Å². The van der Waals surface area contributed by atoms with E-state index in [0.29, 0.717) is 5.69 Å². The van der Waals surface area contributed by atoms with Crippen molar-refractivity contribution in [1.82, 2.24) is 10.3 Å². The molecule has 144 valence electrons. The molecule has 29 heavy (non-hydrogen) atoms. The summed E-state index contributed by atoms with van der Waals surface area (Å²) in [5.74, 6) is 4.06. The van der Waals surface area contributed by atoms with Gasteiger partial charge in [0.05, 0.1) is 6.54 Å². The Balaban J connectivity index is 1.33. The van der Waals surface area contributed by atoms with Crippen LogP contribution in [0.4, 0.5) is 4.79 Å². The number of aromatic carboxylic acids is 1. The Hall–Kier alpha value is -3.63. The molecule has 3 aromatic rings. The highest BCUT2D eigenvalue weighted by Crippen LogP contribution is 2.44. The van der Waals surface area contributed by atoms with Gasteiger partial charge >= 0.3 is 6.09 Å². The van der Waals surface area contributed by atoms with Crippen molar-refractivity contribution in [2.75, 3.05) is 13.2 Å². The van der Waals surface area contributed by atoms with Gasteiger partial charge in [0, 0.05) is 11.3 Å². The number of thiazole rings is 1. The number of carboxylic acid groups (broad SMARTS) is 1. The van der Waals surface area contributed by atoms with E-state index >= 15 is 0 Å². The van der Waals surface area contributed by atoms with Gasteiger partial charge in [-0.3, -0.25) is 0 Å². The fraction of sp³-hybridized carbons (Fsp3) is 0.136. The normalized spacial score (nSPS) is 11.7. The molecule has 4 rings (SSSR count). The number of nitrogens with one attached hydrogen (secondary N) is 1. The molecule has 0 saturated heterocycles. The smallest absolute Gasteiger partial charge is 0.407 e. The fourth-order valence-electron chi connectivity index (χ4n) is 3.33. The lowest BCUT2D eigenvalue weighted by Crippen LogP contribution is -2.26. The standard InChI is InChI=1S/C22H16N2O4S/c25-21(26)20-24-14(13-29-20)6-5-11-23-22(27)28-12-19-17-9-3-1-7-15(17)16-8-2-4-10-18(16)19/h1-4,7-10,13,19H,11-12H2,(H,23,27)(H,25,26)/p-1. The number of hydrogen-bond donors (Lipinski definition) is 1. The zero-order chi connectivity index (χ0) is 20.2. The predicted octanol–water partition coefficient (Wildman–Crippen LogP) is 2.40. The first-order valence-corrected chi connectivity index (χ1v) is 9.76. The summed E-state index contributed by atoms with van der Waals surface area (Å²) in [4.78, 5) is 26.5. The highest BCUT2D eigenvalue weighted by Gasteiger charge is 2.28. The maximum Gasteiger partial charge on any atom is 0.407 e. The first kappa shape index (κ1) is 18.7. The van der Waals surface area contributed by atoms with Crippen LogP contribution in [-0.4, -0.2) is 30.2 Å². The Morgan fingerprint density at radius 1 is 1.10 bits per heavy atom. The molecule has 1 aliphatic rings. The lowest BCUT2D eigenvalue weighted by molar-refractivity contribution is -0.255. The second-order valence-corrected chi connectivity index (χ2v) is 7.16. The fourth-order valence-corrected chi connectivity index (χ4v) is 3.91. The highest BCUT2D eigenvalue weighted by atomic mass is 32.1. The van der Waals surface area contributed by atoms with Gasteiger partial charge in [0.15, 0.2) is 0 Å². The van der Waals surface area contributed by atoms with Crippen LogP contribution in [0.25, 0.3) is 11.1 Å². The van der Waals surface area contributed by atoms with Gasteiger partial charge in [-0.15, -0.1) is 11.3 Å². The van der Waals surface area contributed by atoms with E-state index in [1.165, 1.54) is 16.5 Å². The molecule has 0 radical (unpaired) electrons. The first-order chi connectivity index (χ1) is 14.1. The maximum atomic E-state index is 12.0. The van der Waals surface area contributed by atoms with E-state index in [1.807, 2.05) is 24.3 Å². The van der Waals surface area contributed by atoms with Crippen molar-refractivity contribution in [3.05, 3.63) is 75.7 Å². The van der Waals surface area contributed by atoms with Gasteiger partial charge in [0.1, 0.15) is 23.3 Å². The molecule has 0 fully saturated rings. The maximum absolute atomic E-state index is 12.0. The molecule has 0 aliphatic heterocycles. The second-order valence-electron chi connectivity index (χ2n) is 6.31. The van der Waals surface area contributed by atoms with Crippen molar-refractivity contribution in [1.29, 1.82) is 0 Å². The van der Waals surface area contributed by atoms with Crippen LogP contribution in [-0.2, 0) is 4.74 Å². The number of carboxylic acids is 1. The average Bonchev–Trinajstić information content (AvgIpc) is 3.33. The van der Waals surface area contributed by atoms with Crippen molar-refractivity contribution in [3.63, 3.8) is 0 Å². The third kappa shape index (κ3) is 3.98. The number of alkyl carbamates (subject to hydrolysis) is 1. The summed E-state index contributed by atoms with van der Waals surface area (Å²) in [5.41, 5.74) is 4.95. The number of carbonyl (C=O) groups excluding carboxylic acids is 2. The lowest BCUT2D eigenvalue weighted by Gasteiger charge is -2.14. The minimum atomic E-state index is -1.33. The van der Waals surface area contributed by atoms with Crippen molar-refractivity contribution in [3.8, 4) is 23.0 Å². The Morgan fingerprint density at radius 3 is 2.38 bits per heavy atom. The molecule has 1 N–H and O–H groups in total. The molecule has 0 bridgehead atoms. The van der Waals surface area contributed by atoms with E-state index in [0.717, 1.165) is 22.5 Å². The summed E-state index contributed by atoms with van der Waals surface area (Å²) < 4.78 is 5.41. The molecular formula is C22H15N2O4S-. The zero-order valence-corrected chi connectivity index (χ0v) is 16.0. The van der Waals surface area contributed by atoms with Crippen molar-refractivity contribution in [2.24, 2.45) is 0 Å². The Bertz CT molecular complexity index is 1100. The molecule has 0 atom stereocenters. The number of benzene rings is 2. The molecule has 7 heteroatoms. The number of aromatic nitrogens is 1. The van der Waals surface area contributed by atoms with Gasteiger partial charge in [0.25, 0.3) is 0 Å². The number of amides is 1. The van der Waals surface area contributed by atoms with E-state index in [2.05, 4.69) is 46.4 Å². The van der Waals surface area contributed by atoms with Crippen LogP contribution in [0, 0.1) is 11.8 Å². The number of rotatable bonds is 4. The summed E-state index contributed by atoms with van der Waals surface area (Å²) in [6, 6.07) is 16.2. The molecule has 2 aromatic carbocycles. The zero-order valence-electron chi connectivity index (χ0n) is 15.2. The minimum Gasteiger partial charge on any atom is -0.542 e. The topological polar surface area (TPSA) is 91.4 Å². The number of ether oxygens (including phenoxy) is 1. The Kier molecular flexibility index (Phi) is 5.27. The molecule has 0 saturated carbocycles. The molecular weight excluding hydrogens is 388 g/mol. The third-order valence-corrected chi connectivity index (χ3v) is 5.38. The average molecular weight is 403 g/mol. The van der Waals surface area contributed by atoms with Crippen molar-refractivity contribution < 1.29 is 19.4 Å². The van der Waals surface area contributed by atoms with Crippen LogP contribution in [0.1, 0.15) is 32.5 Å². The van der Waals surface area contributed by atoms with E-state index in [9.17, 15) is 14.7 Å². The lowest BCUT2D eigenvalue weighted by atomic mass is 9.98. The monoisotopic (exact) mass is 403 g/mol. The van der Waals surface area contributed by atoms with Gasteiger partial charge in [-0.2, -0.15) is 0 Å². The van der Waals surface area contributed by atoms with E-state index in [4.69, 9.17) is 4.74 Å². The number of fused-ring (bicyclic) bond motifs is 3. The van der Waals surface area contributed by atoms with E-state index in [-0.39, 0.29) is 24.1 Å². The van der Waals surface area contributed by atoms with Crippen LogP contribution in [0.3, 0.4) is 0 Å². The second kappa shape index (κ2) is 8.17. The first-order valence-electron chi connectivity index (χ1n) is 8.88. The molecule has 0 unspecified atom stereocenters. The van der Waals surface area contributed by atoms with Crippen LogP contribution in [0.15, 0.2) is 53.9 Å². The van der Waals surface area contributed by atoms with Crippen LogP contribution in [0.5, 0.6) is 0 Å². The van der Waals surface area contributed by atoms with Gasteiger partial charge in [-0.25, -0.2) is 9.78 Å². The van der Waals surface area contributed by atoms with Crippen molar-refractivity contribution in [2.45, 2.75) is 5.92 Å². The SMILES string of the molecule is O=C(NCC#Cc1csc(C(=O)[O-])n1)OCC1c2ccccc2-c2ccccc21. The minimum absolute atomic E-state index is 0.00251. The molecule has 0 spiro atoms. The summed E-state index contributed by atoms with van der Waals surface area (Å²) in [5, 5.41) is 14.6. The third-order valence-electron chi connectivity index (χ3n) is 4.56. The number of nitrogens with zero attached hydrogens (tertiary/aromatic N) is 1. The Labute approximate surface area is 171 Å². The molecule has 1 aliphatic carbocycles. The predicted molar refractivity (Wildman–Crippen MR) is 106 cm³/mol. The quantitative estimate of drug-likeness (QED) is 0.676. The largest absolute Gasteiger partial charge is 0.542 e.